The van der Waals surface area contributed by atoms with Crippen LogP contribution in [0.2, 0.25) is 0 Å². The number of nitrogens with one attached hydrogen (secondary N) is 3. The maximum atomic E-state index is 14.2. The van der Waals surface area contributed by atoms with E-state index in [2.05, 4.69) is 80.4 Å². The molecule has 2 amide bonds. The second kappa shape index (κ2) is 11.2. The fourth-order valence-electron chi connectivity index (χ4n) is 8.66. The molecule has 10 bridgehead atoms. The number of allylic oxidation sites excluding steroid dienone is 1. The van der Waals surface area contributed by atoms with Gasteiger partial charge in [0, 0.05) is 34.4 Å². The highest BCUT2D eigenvalue weighted by molar-refractivity contribution is 9.10. The van der Waals surface area contributed by atoms with Crippen LogP contribution in [0.3, 0.4) is 0 Å². The Morgan fingerprint density at radius 3 is 2.67 bits per heavy atom. The van der Waals surface area contributed by atoms with Crippen molar-refractivity contribution in [3.05, 3.63) is 112 Å². The van der Waals surface area contributed by atoms with E-state index >= 15 is 0 Å². The van der Waals surface area contributed by atoms with Crippen LogP contribution in [0.4, 0.5) is 5.69 Å². The summed E-state index contributed by atoms with van der Waals surface area (Å²) in [5, 5.41) is 10.0. The van der Waals surface area contributed by atoms with Gasteiger partial charge in [-0.15, -0.1) is 0 Å². The quantitative estimate of drug-likeness (QED) is 0.166. The van der Waals surface area contributed by atoms with Crippen LogP contribution in [-0.4, -0.2) is 38.9 Å². The third-order valence-corrected chi connectivity index (χ3v) is 12.7. The van der Waals surface area contributed by atoms with Gasteiger partial charge in [-0.3, -0.25) is 9.59 Å². The molecule has 0 saturated heterocycles. The number of hydrogen-bond acceptors (Lipinski definition) is 8. The summed E-state index contributed by atoms with van der Waals surface area (Å²) in [7, 11) is 0. The summed E-state index contributed by atoms with van der Waals surface area (Å²) >= 11 is 3.53. The fourth-order valence-corrected chi connectivity index (χ4v) is 8.79. The molecule has 11 heteroatoms. The zero-order valence-corrected chi connectivity index (χ0v) is 30.6. The zero-order chi connectivity index (χ0) is 35.6. The SMILES string of the molecule is CC(C)C(Br)C(=O)NC1Cc2ccc3c(c2)C24c5cccc(c5NC2O3)-c2cccc3c2C(=CC3)c2cnc(o2)-c2nc(oc24)C(C(C)C)NC1=O. The lowest BCUT2D eigenvalue weighted by atomic mass is 9.72. The highest BCUT2D eigenvalue weighted by Gasteiger charge is 2.61. The second-order valence-electron chi connectivity index (χ2n) is 15.1. The largest absolute Gasteiger partial charge is 0.469 e. The molecule has 5 aromatic rings. The third kappa shape index (κ3) is 4.28. The topological polar surface area (TPSA) is 132 Å². The van der Waals surface area contributed by atoms with Crippen molar-refractivity contribution in [2.24, 2.45) is 11.8 Å². The van der Waals surface area contributed by atoms with Crippen molar-refractivity contribution in [1.82, 2.24) is 20.6 Å². The summed E-state index contributed by atoms with van der Waals surface area (Å²) < 4.78 is 20.5. The monoisotopic (exact) mass is 757 g/mol. The van der Waals surface area contributed by atoms with Gasteiger partial charge in [0.2, 0.25) is 23.6 Å². The predicted octanol–water partition coefficient (Wildman–Crippen LogP) is 7.05. The molecule has 3 aromatic carbocycles. The average molecular weight is 759 g/mol. The van der Waals surface area contributed by atoms with E-state index in [1.165, 1.54) is 5.56 Å². The molecule has 2 aromatic heterocycles. The molecule has 1 spiro atoms. The molecule has 5 aliphatic rings. The van der Waals surface area contributed by atoms with Crippen LogP contribution in [0.15, 0.2) is 75.7 Å². The number of halogens is 1. The Morgan fingerprint density at radius 2 is 1.85 bits per heavy atom. The average Bonchev–Trinajstić information content (AvgIpc) is 3.95. The second-order valence-corrected chi connectivity index (χ2v) is 16.1. The van der Waals surface area contributed by atoms with E-state index in [9.17, 15) is 9.59 Å². The molecule has 0 radical (unpaired) electrons. The molecule has 10 rings (SSSR count). The summed E-state index contributed by atoms with van der Waals surface area (Å²) in [6.07, 6.45) is 4.42. The van der Waals surface area contributed by atoms with Crippen molar-refractivity contribution in [2.75, 3.05) is 5.32 Å². The van der Waals surface area contributed by atoms with Crippen LogP contribution in [-0.2, 0) is 27.8 Å². The number of anilines is 1. The normalized spacial score (nSPS) is 23.4. The zero-order valence-electron chi connectivity index (χ0n) is 29.0. The first-order chi connectivity index (χ1) is 25.1. The van der Waals surface area contributed by atoms with Crippen LogP contribution >= 0.6 is 15.9 Å². The predicted molar refractivity (Wildman–Crippen MR) is 198 cm³/mol. The van der Waals surface area contributed by atoms with Gasteiger partial charge in [0.05, 0.1) is 11.0 Å². The van der Waals surface area contributed by atoms with Gasteiger partial charge < -0.3 is 29.5 Å². The van der Waals surface area contributed by atoms with E-state index in [-0.39, 0.29) is 30.1 Å². The number of para-hydroxylation sites is 1. The molecule has 4 aliphatic heterocycles. The molecule has 5 unspecified atom stereocenters. The van der Waals surface area contributed by atoms with E-state index < -0.39 is 28.6 Å². The summed E-state index contributed by atoms with van der Waals surface area (Å²) in [6, 6.07) is 17.3. The Labute approximate surface area is 308 Å². The van der Waals surface area contributed by atoms with Gasteiger partial charge in [-0.25, -0.2) is 9.97 Å². The van der Waals surface area contributed by atoms with Crippen molar-refractivity contribution in [3.8, 4) is 28.5 Å². The maximum absolute atomic E-state index is 14.2. The van der Waals surface area contributed by atoms with Crippen LogP contribution in [0.1, 0.15) is 79.0 Å². The minimum atomic E-state index is -1.01. The Hall–Kier alpha value is -5.16. The molecule has 0 saturated carbocycles. The number of alkyl halides is 1. The molecule has 5 atom stereocenters. The number of benzene rings is 3. The number of carbonyl (C=O) groups excluding carboxylic acids is 2. The number of aromatic nitrogens is 2. The van der Waals surface area contributed by atoms with E-state index in [0.29, 0.717) is 34.7 Å². The Balaban J connectivity index is 1.27. The lowest BCUT2D eigenvalue weighted by Gasteiger charge is -2.29. The van der Waals surface area contributed by atoms with Crippen LogP contribution in [0.25, 0.3) is 28.3 Å². The van der Waals surface area contributed by atoms with E-state index in [1.54, 1.807) is 6.20 Å². The lowest BCUT2D eigenvalue weighted by molar-refractivity contribution is -0.129. The minimum Gasteiger partial charge on any atom is -0.469 e. The molecule has 10 nitrogen and oxygen atoms in total. The van der Waals surface area contributed by atoms with Crippen molar-refractivity contribution < 1.29 is 23.2 Å². The molecule has 1 aliphatic carbocycles. The lowest BCUT2D eigenvalue weighted by Crippen LogP contribution is -2.51. The van der Waals surface area contributed by atoms with Crippen molar-refractivity contribution in [1.29, 1.82) is 0 Å². The van der Waals surface area contributed by atoms with Crippen LogP contribution < -0.4 is 20.7 Å². The van der Waals surface area contributed by atoms with Crippen molar-refractivity contribution in [3.63, 3.8) is 0 Å². The van der Waals surface area contributed by atoms with Gasteiger partial charge in [-0.05, 0) is 46.6 Å². The number of ether oxygens (including phenoxy) is 1. The molecular formula is C41H36BrN5O5. The van der Waals surface area contributed by atoms with E-state index in [4.69, 9.17) is 23.5 Å². The first-order valence-electron chi connectivity index (χ1n) is 17.9. The van der Waals surface area contributed by atoms with Gasteiger partial charge in [0.1, 0.15) is 23.2 Å². The summed E-state index contributed by atoms with van der Waals surface area (Å²) in [5.74, 6) is 1.84. The van der Waals surface area contributed by atoms with Gasteiger partial charge in [0.15, 0.2) is 23.4 Å². The number of hydrogen-bond donors (Lipinski definition) is 3. The van der Waals surface area contributed by atoms with E-state index in [0.717, 1.165) is 51.1 Å². The van der Waals surface area contributed by atoms with Crippen molar-refractivity contribution >= 4 is 39.0 Å². The summed E-state index contributed by atoms with van der Waals surface area (Å²) in [5.41, 5.74) is 8.58. The third-order valence-electron chi connectivity index (χ3n) is 11.2. The number of nitrogens with zero attached hydrogens (tertiary/aromatic N) is 2. The molecular weight excluding hydrogens is 722 g/mol. The van der Waals surface area contributed by atoms with Gasteiger partial charge in [0.25, 0.3) is 0 Å². The first-order valence-corrected chi connectivity index (χ1v) is 18.8. The Morgan fingerprint density at radius 1 is 1.02 bits per heavy atom. The minimum absolute atomic E-state index is 0.0292. The standard InChI is InChI=1S/C41H36BrN5O5/c1-18(2)31(42)37(49)44-27-16-20-11-14-28-26(15-20)41-25-10-6-9-23(33(25)47-40(41)51-28)22-8-5-7-21-12-13-24(30(21)22)29-17-43-38(50-29)34-35(41)52-39(46-34)32(19(3)4)45-36(27)48/h5-11,13-15,17-19,27,31-32,40,47H,12,16H2,1-4H3,(H,44,49)(H,45,48). The van der Waals surface area contributed by atoms with Crippen molar-refractivity contribution in [2.45, 2.75) is 69.1 Å². The molecule has 3 N–H and O–H groups in total. The summed E-state index contributed by atoms with van der Waals surface area (Å²) in [6.45, 7) is 7.93. The Bertz CT molecular complexity index is 2390. The molecule has 6 heterocycles. The molecule has 52 heavy (non-hydrogen) atoms. The van der Waals surface area contributed by atoms with Gasteiger partial charge in [-0.1, -0.05) is 98.2 Å². The smallest absolute Gasteiger partial charge is 0.249 e. The van der Waals surface area contributed by atoms with Crippen LogP contribution in [0, 0.1) is 11.8 Å². The number of oxazole rings is 2. The van der Waals surface area contributed by atoms with Gasteiger partial charge in [-0.2, -0.15) is 0 Å². The van der Waals surface area contributed by atoms with E-state index in [1.807, 2.05) is 39.8 Å². The Kier molecular flexibility index (Phi) is 6.78. The maximum Gasteiger partial charge on any atom is 0.249 e. The van der Waals surface area contributed by atoms with Gasteiger partial charge >= 0.3 is 0 Å². The number of amides is 2. The first kappa shape index (κ1) is 31.6. The molecule has 262 valence electrons. The highest BCUT2D eigenvalue weighted by atomic mass is 79.9. The number of fused-ring (bicyclic) bond motifs is 7. The number of rotatable bonds is 4. The molecule has 0 fully saturated rings. The number of carbonyl (C=O) groups is 2. The highest BCUT2D eigenvalue weighted by Crippen LogP contribution is 2.61. The van der Waals surface area contributed by atoms with Crippen LogP contribution in [0.5, 0.6) is 5.75 Å². The summed E-state index contributed by atoms with van der Waals surface area (Å²) in [4.78, 5) is 37.1. The fraction of sp³-hybridized carbons (Fsp3) is 0.317.